The van der Waals surface area contributed by atoms with Crippen molar-refractivity contribution in [2.24, 2.45) is 0 Å². The maximum Gasteiger partial charge on any atom is 0.269 e. The Bertz CT molecular complexity index is 1310. The molecular weight excluding hydrogens is 477 g/mol. The number of nitrogens with zero attached hydrogens (tertiary/aromatic N) is 2. The molecule has 1 N–H and O–H groups in total. The summed E-state index contributed by atoms with van der Waals surface area (Å²) in [4.78, 5) is 22.9. The Morgan fingerprint density at radius 2 is 1.76 bits per heavy atom. The molecule has 0 unspecified atom stereocenters. The van der Waals surface area contributed by atoms with Crippen LogP contribution >= 0.6 is 23.2 Å². The van der Waals surface area contributed by atoms with Crippen molar-refractivity contribution in [3.05, 3.63) is 103 Å². The second kappa shape index (κ2) is 10.8. The molecule has 0 aromatic heterocycles. The maximum atomic E-state index is 12.6. The molecule has 0 aliphatic rings. The standard InChI is InChI=1S/C25H19Cl2N3O4/c1-15-3-8-23(16(2)9-15)29-25(31)19(13-28)10-18-11-21(26)24(22(27)12-18)34-14-17-4-6-20(7-5-17)30(32)33/h3-12H,14H2,1-2H3,(H,29,31)/b19-10+. The van der Waals surface area contributed by atoms with E-state index < -0.39 is 10.8 Å². The number of carbonyl (C=O) groups is 1. The van der Waals surface area contributed by atoms with Crippen molar-refractivity contribution in [3.8, 4) is 11.8 Å². The number of benzene rings is 3. The predicted octanol–water partition coefficient (Wildman–Crippen LogP) is 6.64. The van der Waals surface area contributed by atoms with Gasteiger partial charge in [-0.2, -0.15) is 5.26 Å². The van der Waals surface area contributed by atoms with E-state index in [2.05, 4.69) is 5.32 Å². The number of anilines is 1. The largest absolute Gasteiger partial charge is 0.486 e. The third-order valence-electron chi connectivity index (χ3n) is 4.86. The molecule has 3 aromatic carbocycles. The number of non-ortho nitro benzene ring substituents is 1. The van der Waals surface area contributed by atoms with Crippen LogP contribution in [0.25, 0.3) is 6.08 Å². The van der Waals surface area contributed by atoms with Crippen LogP contribution in [0.4, 0.5) is 11.4 Å². The van der Waals surface area contributed by atoms with Crippen LogP contribution in [-0.2, 0) is 11.4 Å². The summed E-state index contributed by atoms with van der Waals surface area (Å²) in [6.45, 7) is 3.91. The number of nitrogens with one attached hydrogen (secondary N) is 1. The molecule has 7 nitrogen and oxygen atoms in total. The number of halogens is 2. The van der Waals surface area contributed by atoms with Gasteiger partial charge in [-0.25, -0.2) is 0 Å². The number of ether oxygens (including phenoxy) is 1. The van der Waals surface area contributed by atoms with Gasteiger partial charge in [0.05, 0.1) is 15.0 Å². The van der Waals surface area contributed by atoms with Crippen LogP contribution in [-0.4, -0.2) is 10.8 Å². The molecule has 3 rings (SSSR count). The Morgan fingerprint density at radius 1 is 1.12 bits per heavy atom. The molecule has 0 heterocycles. The average molecular weight is 496 g/mol. The highest BCUT2D eigenvalue weighted by molar-refractivity contribution is 6.37. The zero-order valence-electron chi connectivity index (χ0n) is 18.3. The minimum Gasteiger partial charge on any atom is -0.486 e. The summed E-state index contributed by atoms with van der Waals surface area (Å²) in [7, 11) is 0. The minimum absolute atomic E-state index is 0.0224. The average Bonchev–Trinajstić information content (AvgIpc) is 2.79. The van der Waals surface area contributed by atoms with E-state index in [0.29, 0.717) is 16.8 Å². The molecule has 0 spiro atoms. The van der Waals surface area contributed by atoms with Crippen LogP contribution in [0.1, 0.15) is 22.3 Å². The van der Waals surface area contributed by atoms with Crippen molar-refractivity contribution in [1.82, 2.24) is 0 Å². The van der Waals surface area contributed by atoms with Gasteiger partial charge >= 0.3 is 0 Å². The molecule has 172 valence electrons. The smallest absolute Gasteiger partial charge is 0.269 e. The number of nitro groups is 1. The van der Waals surface area contributed by atoms with Gasteiger partial charge in [0.15, 0.2) is 5.75 Å². The van der Waals surface area contributed by atoms with Crippen molar-refractivity contribution in [1.29, 1.82) is 5.26 Å². The molecule has 0 fully saturated rings. The van der Waals surface area contributed by atoms with E-state index in [-0.39, 0.29) is 33.7 Å². The summed E-state index contributed by atoms with van der Waals surface area (Å²) in [5, 5.41) is 23.4. The molecule has 34 heavy (non-hydrogen) atoms. The van der Waals surface area contributed by atoms with Gasteiger partial charge in [0.2, 0.25) is 0 Å². The first-order valence-electron chi connectivity index (χ1n) is 10.0. The molecule has 3 aromatic rings. The van der Waals surface area contributed by atoms with Crippen LogP contribution in [0.3, 0.4) is 0 Å². The van der Waals surface area contributed by atoms with Crippen LogP contribution in [0.15, 0.2) is 60.2 Å². The highest BCUT2D eigenvalue weighted by Gasteiger charge is 2.14. The maximum absolute atomic E-state index is 12.6. The molecule has 9 heteroatoms. The summed E-state index contributed by atoms with van der Waals surface area (Å²) in [5.41, 5.74) is 3.56. The van der Waals surface area contributed by atoms with Crippen molar-refractivity contribution >= 4 is 46.6 Å². The summed E-state index contributed by atoms with van der Waals surface area (Å²) in [5.74, 6) is -0.336. The number of nitro benzene ring substituents is 1. The Morgan fingerprint density at radius 3 is 2.32 bits per heavy atom. The zero-order valence-corrected chi connectivity index (χ0v) is 19.8. The van der Waals surface area contributed by atoms with Gasteiger partial charge in [-0.3, -0.25) is 14.9 Å². The SMILES string of the molecule is Cc1ccc(NC(=O)/C(C#N)=C/c2cc(Cl)c(OCc3ccc([N+](=O)[O-])cc3)c(Cl)c2)c(C)c1. The van der Waals surface area contributed by atoms with Crippen molar-refractivity contribution in [2.75, 3.05) is 5.32 Å². The molecule has 0 atom stereocenters. The van der Waals surface area contributed by atoms with Crippen molar-refractivity contribution in [2.45, 2.75) is 20.5 Å². The highest BCUT2D eigenvalue weighted by Crippen LogP contribution is 2.35. The van der Waals surface area contributed by atoms with Crippen LogP contribution < -0.4 is 10.1 Å². The monoisotopic (exact) mass is 495 g/mol. The summed E-state index contributed by atoms with van der Waals surface area (Å²) >= 11 is 12.7. The van der Waals surface area contributed by atoms with Crippen LogP contribution in [0.5, 0.6) is 5.75 Å². The first kappa shape index (κ1) is 24.8. The van der Waals surface area contributed by atoms with E-state index in [1.807, 2.05) is 32.0 Å². The first-order chi connectivity index (χ1) is 16.2. The van der Waals surface area contributed by atoms with Gasteiger partial charge in [0, 0.05) is 17.8 Å². The lowest BCUT2D eigenvalue weighted by atomic mass is 10.1. The number of carbonyl (C=O) groups excluding carboxylic acids is 1. The molecule has 0 bridgehead atoms. The molecule has 1 amide bonds. The van der Waals surface area contributed by atoms with E-state index in [1.165, 1.54) is 30.3 Å². The van der Waals surface area contributed by atoms with Gasteiger partial charge in [0.1, 0.15) is 18.2 Å². The van der Waals surface area contributed by atoms with Gasteiger partial charge < -0.3 is 10.1 Å². The van der Waals surface area contributed by atoms with E-state index in [0.717, 1.165) is 11.1 Å². The molecule has 0 saturated heterocycles. The van der Waals surface area contributed by atoms with E-state index in [9.17, 15) is 20.2 Å². The number of hydrogen-bond donors (Lipinski definition) is 1. The number of rotatable bonds is 7. The number of nitriles is 1. The molecule has 0 aliphatic heterocycles. The normalized spacial score (nSPS) is 11.0. The third-order valence-corrected chi connectivity index (χ3v) is 5.42. The minimum atomic E-state index is -0.555. The lowest BCUT2D eigenvalue weighted by molar-refractivity contribution is -0.384. The third kappa shape index (κ3) is 6.13. The highest BCUT2D eigenvalue weighted by atomic mass is 35.5. The molecule has 0 saturated carbocycles. The van der Waals surface area contributed by atoms with Gasteiger partial charge in [-0.15, -0.1) is 0 Å². The van der Waals surface area contributed by atoms with Gasteiger partial charge in [-0.1, -0.05) is 40.9 Å². The zero-order chi connectivity index (χ0) is 24.8. The molecular formula is C25H19Cl2N3O4. The number of hydrogen-bond acceptors (Lipinski definition) is 5. The summed E-state index contributed by atoms with van der Waals surface area (Å²) in [6, 6.07) is 16.4. The predicted molar refractivity (Wildman–Crippen MR) is 132 cm³/mol. The first-order valence-corrected chi connectivity index (χ1v) is 10.8. The van der Waals surface area contributed by atoms with Crippen molar-refractivity contribution < 1.29 is 14.5 Å². The lowest BCUT2D eigenvalue weighted by Crippen LogP contribution is -2.14. The Balaban J connectivity index is 1.76. The Kier molecular flexibility index (Phi) is 7.90. The molecule has 0 aliphatic carbocycles. The van der Waals surface area contributed by atoms with Gasteiger partial charge in [0.25, 0.3) is 11.6 Å². The fourth-order valence-corrected chi connectivity index (χ4v) is 3.74. The van der Waals surface area contributed by atoms with Crippen molar-refractivity contribution in [3.63, 3.8) is 0 Å². The Labute approximate surface area is 206 Å². The Hall–Kier alpha value is -3.86. The molecule has 0 radical (unpaired) electrons. The fourth-order valence-electron chi connectivity index (χ4n) is 3.13. The lowest BCUT2D eigenvalue weighted by Gasteiger charge is -2.11. The topological polar surface area (TPSA) is 105 Å². The quantitative estimate of drug-likeness (QED) is 0.171. The van der Waals surface area contributed by atoms with Gasteiger partial charge in [-0.05, 0) is 66.9 Å². The van der Waals surface area contributed by atoms with E-state index >= 15 is 0 Å². The number of amides is 1. The number of aryl methyl sites for hydroxylation is 2. The van der Waals surface area contributed by atoms with E-state index in [4.69, 9.17) is 27.9 Å². The summed E-state index contributed by atoms with van der Waals surface area (Å²) in [6.07, 6.45) is 1.39. The second-order valence-electron chi connectivity index (χ2n) is 7.47. The van der Waals surface area contributed by atoms with Crippen LogP contribution in [0.2, 0.25) is 10.0 Å². The fraction of sp³-hybridized carbons (Fsp3) is 0.120. The second-order valence-corrected chi connectivity index (χ2v) is 8.28. The van der Waals surface area contributed by atoms with Crippen LogP contribution in [0, 0.1) is 35.3 Å². The van der Waals surface area contributed by atoms with E-state index in [1.54, 1.807) is 18.2 Å². The summed E-state index contributed by atoms with van der Waals surface area (Å²) < 4.78 is 5.69.